The summed E-state index contributed by atoms with van der Waals surface area (Å²) in [6, 6.07) is 0. The molecule has 1 aliphatic heterocycles. The second-order valence-electron chi connectivity index (χ2n) is 4.47. The number of aromatic amines is 1. The summed E-state index contributed by atoms with van der Waals surface area (Å²) in [6.07, 6.45) is 1.84. The first-order valence-electron chi connectivity index (χ1n) is 5.73. The molecule has 0 atom stereocenters. The molecule has 2 N–H and O–H groups in total. The number of hydrogen-bond donors (Lipinski definition) is 2. The number of rotatable bonds is 3. The lowest BCUT2D eigenvalue weighted by Gasteiger charge is -2.30. The van der Waals surface area contributed by atoms with Crippen molar-refractivity contribution in [2.45, 2.75) is 31.7 Å². The fraction of sp³-hybridized carbons (Fsp3) is 0.455. The third kappa shape index (κ3) is 2.93. The SMILES string of the molecule is CSc1nc(NC(C)=C2C(=O)OC(C)(C)OC2=O)n[nH]1. The van der Waals surface area contributed by atoms with E-state index < -0.39 is 17.7 Å². The Kier molecular flexibility index (Phi) is 3.71. The van der Waals surface area contributed by atoms with Gasteiger partial charge in [-0.25, -0.2) is 9.59 Å². The highest BCUT2D eigenvalue weighted by molar-refractivity contribution is 7.98. The highest BCUT2D eigenvalue weighted by Crippen LogP contribution is 2.24. The molecule has 0 radical (unpaired) electrons. The van der Waals surface area contributed by atoms with E-state index in [-0.39, 0.29) is 17.2 Å². The minimum atomic E-state index is -1.26. The van der Waals surface area contributed by atoms with Crippen LogP contribution in [-0.2, 0) is 19.1 Å². The van der Waals surface area contributed by atoms with Crippen LogP contribution in [0, 0.1) is 0 Å². The molecule has 0 aromatic carbocycles. The van der Waals surface area contributed by atoms with Crippen molar-refractivity contribution in [2.75, 3.05) is 11.6 Å². The van der Waals surface area contributed by atoms with Crippen LogP contribution in [0.25, 0.3) is 0 Å². The Bertz CT molecular complexity index is 571. The van der Waals surface area contributed by atoms with Gasteiger partial charge in [-0.15, -0.1) is 5.10 Å². The average molecular weight is 298 g/mol. The molecule has 1 aromatic heterocycles. The van der Waals surface area contributed by atoms with Crippen molar-refractivity contribution in [3.05, 3.63) is 11.3 Å². The Morgan fingerprint density at radius 1 is 1.30 bits per heavy atom. The molecule has 1 fully saturated rings. The summed E-state index contributed by atoms with van der Waals surface area (Å²) in [5.74, 6) is -2.48. The minimum Gasteiger partial charge on any atom is -0.419 e. The number of esters is 2. The molecule has 2 rings (SSSR count). The van der Waals surface area contributed by atoms with Crippen LogP contribution in [0.1, 0.15) is 20.8 Å². The molecule has 2 heterocycles. The van der Waals surface area contributed by atoms with E-state index in [4.69, 9.17) is 9.47 Å². The molecule has 0 amide bonds. The first-order chi connectivity index (χ1) is 9.32. The van der Waals surface area contributed by atoms with Crippen LogP contribution in [0.3, 0.4) is 0 Å². The largest absolute Gasteiger partial charge is 0.419 e. The topological polar surface area (TPSA) is 106 Å². The fourth-order valence-electron chi connectivity index (χ4n) is 1.58. The van der Waals surface area contributed by atoms with Crippen molar-refractivity contribution in [1.82, 2.24) is 15.2 Å². The van der Waals surface area contributed by atoms with Crippen LogP contribution >= 0.6 is 11.8 Å². The number of nitrogens with zero attached hydrogens (tertiary/aromatic N) is 2. The van der Waals surface area contributed by atoms with Gasteiger partial charge in [0.2, 0.25) is 5.95 Å². The smallest absolute Gasteiger partial charge is 0.350 e. The van der Waals surface area contributed by atoms with E-state index >= 15 is 0 Å². The number of carbonyl (C=O) groups is 2. The summed E-state index contributed by atoms with van der Waals surface area (Å²) in [4.78, 5) is 27.8. The average Bonchev–Trinajstić information content (AvgIpc) is 2.73. The Labute approximate surface area is 119 Å². The maximum absolute atomic E-state index is 11.8. The van der Waals surface area contributed by atoms with Gasteiger partial charge < -0.3 is 14.8 Å². The summed E-state index contributed by atoms with van der Waals surface area (Å²) < 4.78 is 10.0. The Balaban J connectivity index is 2.23. The van der Waals surface area contributed by atoms with Gasteiger partial charge in [0.05, 0.1) is 0 Å². The highest BCUT2D eigenvalue weighted by Gasteiger charge is 2.40. The fourth-order valence-corrected chi connectivity index (χ4v) is 1.90. The molecule has 1 aromatic rings. The quantitative estimate of drug-likeness (QED) is 0.369. The third-order valence-electron chi connectivity index (χ3n) is 2.42. The number of thioether (sulfide) groups is 1. The second-order valence-corrected chi connectivity index (χ2v) is 5.27. The standard InChI is InChI=1S/C11H14N4O4S/c1-5(12-9-13-10(20-4)15-14-9)6-7(16)18-11(2,3)19-8(6)17/h1-4H3,(H2,12,13,14,15). The molecule has 0 saturated carbocycles. The molecule has 20 heavy (non-hydrogen) atoms. The molecule has 8 nitrogen and oxygen atoms in total. The van der Waals surface area contributed by atoms with E-state index in [1.807, 2.05) is 6.26 Å². The van der Waals surface area contributed by atoms with Gasteiger partial charge >= 0.3 is 11.9 Å². The predicted molar refractivity (Wildman–Crippen MR) is 70.7 cm³/mol. The lowest BCUT2D eigenvalue weighted by molar-refractivity contribution is -0.222. The third-order valence-corrected chi connectivity index (χ3v) is 2.99. The number of ether oxygens (including phenoxy) is 2. The van der Waals surface area contributed by atoms with Gasteiger partial charge in [0.1, 0.15) is 0 Å². The van der Waals surface area contributed by atoms with E-state index in [1.165, 1.54) is 25.6 Å². The van der Waals surface area contributed by atoms with Crippen LogP contribution in [0.2, 0.25) is 0 Å². The molecule has 9 heteroatoms. The van der Waals surface area contributed by atoms with Gasteiger partial charge in [0, 0.05) is 19.5 Å². The van der Waals surface area contributed by atoms with E-state index in [0.29, 0.717) is 5.16 Å². The van der Waals surface area contributed by atoms with E-state index in [1.54, 1.807) is 6.92 Å². The van der Waals surface area contributed by atoms with E-state index in [2.05, 4.69) is 20.5 Å². The molecular formula is C11H14N4O4S. The number of nitrogens with one attached hydrogen (secondary N) is 2. The predicted octanol–water partition coefficient (Wildman–Crippen LogP) is 1.05. The normalized spacial score (nSPS) is 17.5. The molecule has 1 saturated heterocycles. The summed E-state index contributed by atoms with van der Waals surface area (Å²) in [5, 5.41) is 9.95. The Hall–Kier alpha value is -2.03. The molecular weight excluding hydrogens is 284 g/mol. The van der Waals surface area contributed by atoms with E-state index in [9.17, 15) is 9.59 Å². The lowest BCUT2D eigenvalue weighted by Crippen LogP contribution is -2.42. The summed E-state index contributed by atoms with van der Waals surface area (Å²) in [5.41, 5.74) is 0.0713. The summed E-state index contributed by atoms with van der Waals surface area (Å²) >= 11 is 1.38. The number of cyclic esters (lactones) is 2. The van der Waals surface area contributed by atoms with E-state index in [0.717, 1.165) is 0 Å². The molecule has 0 bridgehead atoms. The zero-order valence-corrected chi connectivity index (χ0v) is 12.3. The van der Waals surface area contributed by atoms with Gasteiger partial charge in [0.15, 0.2) is 10.7 Å². The number of hydrogen-bond acceptors (Lipinski definition) is 8. The van der Waals surface area contributed by atoms with Crippen LogP contribution in [0.4, 0.5) is 5.95 Å². The summed E-state index contributed by atoms with van der Waals surface area (Å²) in [6.45, 7) is 4.52. The Morgan fingerprint density at radius 3 is 2.40 bits per heavy atom. The molecule has 0 spiro atoms. The van der Waals surface area contributed by atoms with Crippen molar-refractivity contribution in [2.24, 2.45) is 0 Å². The number of allylic oxidation sites excluding steroid dienone is 1. The molecule has 0 aliphatic carbocycles. The number of H-pyrrole nitrogens is 1. The van der Waals surface area contributed by atoms with Crippen molar-refractivity contribution in [3.8, 4) is 0 Å². The lowest BCUT2D eigenvalue weighted by atomic mass is 10.2. The number of carbonyl (C=O) groups excluding carboxylic acids is 2. The zero-order chi connectivity index (χ0) is 14.9. The summed E-state index contributed by atoms with van der Waals surface area (Å²) in [7, 11) is 0. The minimum absolute atomic E-state index is 0.195. The first-order valence-corrected chi connectivity index (χ1v) is 6.96. The molecule has 0 unspecified atom stereocenters. The van der Waals surface area contributed by atoms with Gasteiger partial charge in [-0.05, 0) is 13.2 Å². The molecule has 1 aliphatic rings. The maximum Gasteiger partial charge on any atom is 0.350 e. The van der Waals surface area contributed by atoms with Crippen LogP contribution < -0.4 is 5.32 Å². The molecule has 108 valence electrons. The van der Waals surface area contributed by atoms with Crippen molar-refractivity contribution >= 4 is 29.6 Å². The highest BCUT2D eigenvalue weighted by atomic mass is 32.2. The number of anilines is 1. The van der Waals surface area contributed by atoms with Gasteiger partial charge in [0.25, 0.3) is 5.79 Å². The van der Waals surface area contributed by atoms with Crippen molar-refractivity contribution in [1.29, 1.82) is 0 Å². The zero-order valence-electron chi connectivity index (χ0n) is 11.4. The van der Waals surface area contributed by atoms with Gasteiger partial charge in [-0.2, -0.15) is 4.98 Å². The van der Waals surface area contributed by atoms with Gasteiger partial charge in [-0.1, -0.05) is 11.8 Å². The Morgan fingerprint density at radius 2 is 1.90 bits per heavy atom. The van der Waals surface area contributed by atoms with Crippen molar-refractivity contribution < 1.29 is 19.1 Å². The van der Waals surface area contributed by atoms with Crippen LogP contribution in [0.15, 0.2) is 16.4 Å². The first kappa shape index (κ1) is 14.4. The van der Waals surface area contributed by atoms with Crippen LogP contribution in [0.5, 0.6) is 0 Å². The van der Waals surface area contributed by atoms with Crippen molar-refractivity contribution in [3.63, 3.8) is 0 Å². The van der Waals surface area contributed by atoms with Gasteiger partial charge in [-0.3, -0.25) is 5.10 Å². The maximum atomic E-state index is 11.8. The monoisotopic (exact) mass is 298 g/mol. The second kappa shape index (κ2) is 5.16. The van der Waals surface area contributed by atoms with Crippen LogP contribution in [-0.4, -0.2) is 39.2 Å². The number of aromatic nitrogens is 3.